The Morgan fingerprint density at radius 2 is 0.912 bits per heavy atom. The lowest BCUT2D eigenvalue weighted by Crippen LogP contribution is -1.97. The van der Waals surface area contributed by atoms with Crippen LogP contribution < -0.4 is 0 Å². The number of benzene rings is 8. The number of rotatable bonds is 6. The highest BCUT2D eigenvalue weighted by molar-refractivity contribution is 6.14. The van der Waals surface area contributed by atoms with Crippen LogP contribution >= 0.6 is 0 Å². The number of hydrogen-bond donors (Lipinski definition) is 0. The Balaban J connectivity index is 1.17. The van der Waals surface area contributed by atoms with Crippen LogP contribution in [0.15, 0.2) is 205 Å². The second kappa shape index (κ2) is 13.6. The van der Waals surface area contributed by atoms with E-state index in [0.717, 1.165) is 78.0 Å². The van der Waals surface area contributed by atoms with Gasteiger partial charge in [-0.1, -0.05) is 146 Å². The molecular weight excluding hydrogens is 695 g/mol. The van der Waals surface area contributed by atoms with Gasteiger partial charge in [0, 0.05) is 33.8 Å². The summed E-state index contributed by atoms with van der Waals surface area (Å²) in [5, 5.41) is 5.83. The minimum atomic E-state index is 0.664. The van der Waals surface area contributed by atoms with Gasteiger partial charge in [0.25, 0.3) is 0 Å². The third-order valence-electron chi connectivity index (χ3n) is 10.9. The van der Waals surface area contributed by atoms with Gasteiger partial charge in [-0.3, -0.25) is 4.98 Å². The minimum Gasteiger partial charge on any atom is -0.454 e. The van der Waals surface area contributed by atoms with Crippen LogP contribution in [0.1, 0.15) is 0 Å². The van der Waals surface area contributed by atoms with Crippen molar-refractivity contribution in [3.8, 4) is 67.3 Å². The van der Waals surface area contributed by atoms with Crippen molar-refractivity contribution in [2.75, 3.05) is 0 Å². The molecule has 0 N–H and O–H groups in total. The van der Waals surface area contributed by atoms with Crippen LogP contribution in [0.3, 0.4) is 0 Å². The Kier molecular flexibility index (Phi) is 7.78. The van der Waals surface area contributed by atoms with Gasteiger partial charge >= 0.3 is 0 Å². The van der Waals surface area contributed by atoms with Gasteiger partial charge in [-0.15, -0.1) is 0 Å². The van der Waals surface area contributed by atoms with Crippen molar-refractivity contribution in [1.29, 1.82) is 0 Å². The van der Waals surface area contributed by atoms with Crippen molar-refractivity contribution in [1.82, 2.24) is 15.0 Å². The second-order valence-corrected chi connectivity index (χ2v) is 14.4. The first kappa shape index (κ1) is 32.7. The predicted molar refractivity (Wildman–Crippen MR) is 235 cm³/mol. The van der Waals surface area contributed by atoms with Crippen LogP contribution in [0, 0.1) is 0 Å². The molecule has 0 aliphatic carbocycles. The fourth-order valence-corrected chi connectivity index (χ4v) is 8.13. The third-order valence-corrected chi connectivity index (χ3v) is 10.9. The zero-order valence-electron chi connectivity index (χ0n) is 30.8. The van der Waals surface area contributed by atoms with Crippen molar-refractivity contribution in [3.63, 3.8) is 0 Å². The summed E-state index contributed by atoms with van der Waals surface area (Å²) in [6.45, 7) is 0. The molecule has 266 valence electrons. The van der Waals surface area contributed by atoms with Gasteiger partial charge in [-0.2, -0.15) is 0 Å². The summed E-state index contributed by atoms with van der Waals surface area (Å²) >= 11 is 0. The summed E-state index contributed by atoms with van der Waals surface area (Å²) in [4.78, 5) is 15.3. The SMILES string of the molecule is c1ccc(-c2ccc(-c3nc(-c4ccccc4)cc(-c4cc(-c5cc6ccccc6c6ccccc56)cc(-c5ccnc6c5oc5ccccc56)c4)n3)cc2)cc1. The van der Waals surface area contributed by atoms with Crippen LogP contribution in [-0.2, 0) is 0 Å². The zero-order valence-corrected chi connectivity index (χ0v) is 30.8. The van der Waals surface area contributed by atoms with Crippen molar-refractivity contribution in [3.05, 3.63) is 200 Å². The quantitative estimate of drug-likeness (QED) is 0.160. The van der Waals surface area contributed by atoms with Gasteiger partial charge in [0.2, 0.25) is 0 Å². The molecule has 11 aromatic rings. The molecule has 0 spiro atoms. The van der Waals surface area contributed by atoms with E-state index >= 15 is 0 Å². The van der Waals surface area contributed by atoms with Gasteiger partial charge < -0.3 is 4.42 Å². The Bertz CT molecular complexity index is 3280. The highest BCUT2D eigenvalue weighted by atomic mass is 16.3. The lowest BCUT2D eigenvalue weighted by Gasteiger charge is -2.15. The lowest BCUT2D eigenvalue weighted by atomic mass is 9.90. The van der Waals surface area contributed by atoms with Crippen LogP contribution in [0.2, 0.25) is 0 Å². The molecule has 3 heterocycles. The maximum atomic E-state index is 6.56. The molecule has 0 radical (unpaired) electrons. The van der Waals surface area contributed by atoms with Gasteiger partial charge in [-0.05, 0) is 97.9 Å². The first-order valence-electron chi connectivity index (χ1n) is 19.2. The van der Waals surface area contributed by atoms with Gasteiger partial charge in [0.1, 0.15) is 11.1 Å². The first-order chi connectivity index (χ1) is 28.2. The molecule has 0 atom stereocenters. The number of hydrogen-bond acceptors (Lipinski definition) is 4. The summed E-state index contributed by atoms with van der Waals surface area (Å²) in [5.41, 5.74) is 13.6. The highest BCUT2D eigenvalue weighted by Gasteiger charge is 2.19. The van der Waals surface area contributed by atoms with Crippen molar-refractivity contribution in [2.24, 2.45) is 0 Å². The maximum absolute atomic E-state index is 6.56. The molecule has 57 heavy (non-hydrogen) atoms. The standard InChI is InChI=1S/C53H33N3O/c1-3-13-34(14-4-1)35-23-25-37(26-24-35)53-55-48(36-15-5-2-6-16-36)33-49(56-53)41-30-39(43-27-28-54-51-46-21-11-12-22-50(46)57-52(43)51)29-40(31-41)47-32-38-17-7-8-18-42(38)44-19-9-10-20-45(44)47/h1-33H. The topological polar surface area (TPSA) is 51.8 Å². The second-order valence-electron chi connectivity index (χ2n) is 14.4. The lowest BCUT2D eigenvalue weighted by molar-refractivity contribution is 0.669. The molecule has 0 saturated carbocycles. The molecular formula is C53H33N3O. The van der Waals surface area contributed by atoms with Gasteiger partial charge in [0.15, 0.2) is 11.4 Å². The van der Waals surface area contributed by atoms with E-state index in [1.54, 1.807) is 0 Å². The molecule has 0 aliphatic heterocycles. The van der Waals surface area contributed by atoms with Crippen molar-refractivity contribution < 1.29 is 4.42 Å². The molecule has 4 heteroatoms. The number of nitrogens with zero attached hydrogens (tertiary/aromatic N) is 3. The van der Waals surface area contributed by atoms with E-state index < -0.39 is 0 Å². The van der Waals surface area contributed by atoms with Gasteiger partial charge in [-0.25, -0.2) is 9.97 Å². The Morgan fingerprint density at radius 1 is 0.351 bits per heavy atom. The number of pyridine rings is 1. The molecule has 8 aromatic carbocycles. The molecule has 4 nitrogen and oxygen atoms in total. The van der Waals surface area contributed by atoms with Crippen molar-refractivity contribution >= 4 is 43.6 Å². The van der Waals surface area contributed by atoms with E-state index in [9.17, 15) is 0 Å². The molecule has 0 amide bonds. The average molecular weight is 728 g/mol. The van der Waals surface area contributed by atoms with E-state index in [4.69, 9.17) is 19.4 Å². The van der Waals surface area contributed by atoms with Crippen molar-refractivity contribution in [2.45, 2.75) is 0 Å². The summed E-state index contributed by atoms with van der Waals surface area (Å²) in [5.74, 6) is 0.664. The third kappa shape index (κ3) is 5.83. The summed E-state index contributed by atoms with van der Waals surface area (Å²) < 4.78 is 6.56. The molecule has 0 bridgehead atoms. The van der Waals surface area contributed by atoms with Crippen LogP contribution in [-0.4, -0.2) is 15.0 Å². The normalized spacial score (nSPS) is 11.5. The van der Waals surface area contributed by atoms with E-state index in [-0.39, 0.29) is 0 Å². The summed E-state index contributed by atoms with van der Waals surface area (Å²) in [7, 11) is 0. The number of furan rings is 1. The predicted octanol–water partition coefficient (Wildman–Crippen LogP) is 14.1. The molecule has 11 rings (SSSR count). The fourth-order valence-electron chi connectivity index (χ4n) is 8.13. The van der Waals surface area contributed by atoms with Crippen LogP contribution in [0.5, 0.6) is 0 Å². The Hall–Kier alpha value is -7.69. The largest absolute Gasteiger partial charge is 0.454 e. The first-order valence-corrected chi connectivity index (χ1v) is 19.2. The van der Waals surface area contributed by atoms with Gasteiger partial charge in [0.05, 0.1) is 11.4 Å². The molecule has 0 saturated heterocycles. The van der Waals surface area contributed by atoms with E-state index in [1.165, 1.54) is 27.1 Å². The fraction of sp³-hybridized carbons (Fsp3) is 0. The van der Waals surface area contributed by atoms with E-state index in [0.29, 0.717) is 5.82 Å². The summed E-state index contributed by atoms with van der Waals surface area (Å²) in [6, 6.07) is 68.0. The smallest absolute Gasteiger partial charge is 0.161 e. The van der Waals surface area contributed by atoms with E-state index in [1.807, 2.05) is 36.5 Å². The van der Waals surface area contributed by atoms with Crippen LogP contribution in [0.25, 0.3) is 111 Å². The maximum Gasteiger partial charge on any atom is 0.161 e. The molecule has 0 fully saturated rings. The van der Waals surface area contributed by atoms with E-state index in [2.05, 4.69) is 164 Å². The average Bonchev–Trinajstić information content (AvgIpc) is 3.68. The monoisotopic (exact) mass is 727 g/mol. The number of para-hydroxylation sites is 1. The molecule has 0 unspecified atom stereocenters. The summed E-state index contributed by atoms with van der Waals surface area (Å²) in [6.07, 6.45) is 1.88. The Labute approximate surface area is 329 Å². The minimum absolute atomic E-state index is 0.664. The number of aromatic nitrogens is 3. The Morgan fingerprint density at radius 3 is 1.68 bits per heavy atom. The van der Waals surface area contributed by atoms with Crippen LogP contribution in [0.4, 0.5) is 0 Å². The number of fused-ring (bicyclic) bond motifs is 6. The molecule has 0 aliphatic rings. The highest BCUT2D eigenvalue weighted by Crippen LogP contribution is 2.42. The zero-order chi connectivity index (χ0) is 37.7. The molecule has 3 aromatic heterocycles.